The monoisotopic (exact) mass is 338 g/mol. The second-order valence-corrected chi connectivity index (χ2v) is 4.97. The minimum absolute atomic E-state index is 0.0266. The van der Waals surface area contributed by atoms with Gasteiger partial charge in [0, 0.05) is 11.0 Å². The summed E-state index contributed by atoms with van der Waals surface area (Å²) in [5.41, 5.74) is 0.258. The van der Waals surface area contributed by atoms with Crippen LogP contribution in [-0.2, 0) is 0 Å². The number of carbonyl (C=O) groups is 2. The van der Waals surface area contributed by atoms with Gasteiger partial charge in [-0.3, -0.25) is 0 Å². The number of hydrogen-bond acceptors (Lipinski definition) is 2. The molecule has 1 aromatic carbocycles. The molecule has 20 heavy (non-hydrogen) atoms. The van der Waals surface area contributed by atoms with Crippen molar-refractivity contribution in [3.05, 3.63) is 28.2 Å². The van der Waals surface area contributed by atoms with Crippen LogP contribution < -0.4 is 5.32 Å². The largest absolute Gasteiger partial charge is 0.478 e. The zero-order valence-corrected chi connectivity index (χ0v) is 12.6. The van der Waals surface area contributed by atoms with Gasteiger partial charge in [-0.2, -0.15) is 0 Å². The molecule has 0 bridgehead atoms. The Hall–Kier alpha value is -2.00. The maximum atomic E-state index is 12.1. The lowest BCUT2D eigenvalue weighted by Crippen LogP contribution is -2.36. The number of nitrogens with one attached hydrogen (secondary N) is 1. The van der Waals surface area contributed by atoms with E-state index in [1.807, 2.05) is 6.92 Å². The Kier molecular flexibility index (Phi) is 6.07. The number of benzene rings is 1. The Morgan fingerprint density at radius 2 is 2.20 bits per heavy atom. The average molecular weight is 339 g/mol. The van der Waals surface area contributed by atoms with Gasteiger partial charge in [-0.15, -0.1) is 6.42 Å². The third kappa shape index (κ3) is 4.28. The number of urea groups is 1. The number of rotatable bonds is 5. The molecule has 0 saturated heterocycles. The van der Waals surface area contributed by atoms with Gasteiger partial charge in [0.15, 0.2) is 0 Å². The van der Waals surface area contributed by atoms with E-state index in [1.165, 1.54) is 11.0 Å². The predicted molar refractivity (Wildman–Crippen MR) is 80.8 cm³/mol. The molecule has 106 valence electrons. The van der Waals surface area contributed by atoms with Crippen LogP contribution in [0.15, 0.2) is 22.7 Å². The molecule has 0 aliphatic rings. The lowest BCUT2D eigenvalue weighted by molar-refractivity contribution is 0.0698. The smallest absolute Gasteiger partial charge is 0.337 e. The van der Waals surface area contributed by atoms with Crippen LogP contribution in [0.1, 0.15) is 23.7 Å². The fourth-order valence-electron chi connectivity index (χ4n) is 1.63. The van der Waals surface area contributed by atoms with Gasteiger partial charge in [0.2, 0.25) is 0 Å². The maximum absolute atomic E-state index is 12.1. The first-order valence-corrected chi connectivity index (χ1v) is 6.81. The summed E-state index contributed by atoms with van der Waals surface area (Å²) >= 11 is 3.24. The minimum atomic E-state index is -1.10. The molecule has 0 fully saturated rings. The van der Waals surface area contributed by atoms with Gasteiger partial charge in [0.05, 0.1) is 17.8 Å². The molecule has 0 spiro atoms. The maximum Gasteiger partial charge on any atom is 0.337 e. The summed E-state index contributed by atoms with van der Waals surface area (Å²) in [6.07, 6.45) is 5.98. The quantitative estimate of drug-likeness (QED) is 0.810. The van der Waals surface area contributed by atoms with Crippen LogP contribution in [0.2, 0.25) is 0 Å². The predicted octanol–water partition coefficient (Wildman–Crippen LogP) is 3.02. The Morgan fingerprint density at radius 1 is 1.50 bits per heavy atom. The summed E-state index contributed by atoms with van der Waals surface area (Å²) in [5.74, 6) is 1.30. The van der Waals surface area contributed by atoms with Gasteiger partial charge in [-0.1, -0.05) is 28.8 Å². The highest BCUT2D eigenvalue weighted by Gasteiger charge is 2.16. The van der Waals surface area contributed by atoms with Crippen LogP contribution in [-0.4, -0.2) is 35.1 Å². The molecule has 0 unspecified atom stereocenters. The average Bonchev–Trinajstić information content (AvgIpc) is 2.38. The van der Waals surface area contributed by atoms with Gasteiger partial charge in [-0.25, -0.2) is 9.59 Å². The molecule has 0 aromatic heterocycles. The van der Waals surface area contributed by atoms with Crippen LogP contribution in [0, 0.1) is 12.3 Å². The molecule has 1 aromatic rings. The van der Waals surface area contributed by atoms with Gasteiger partial charge in [0.1, 0.15) is 0 Å². The van der Waals surface area contributed by atoms with Crippen LogP contribution in [0.4, 0.5) is 10.5 Å². The van der Waals surface area contributed by atoms with Gasteiger partial charge in [-0.05, 0) is 24.6 Å². The van der Waals surface area contributed by atoms with E-state index >= 15 is 0 Å². The number of nitrogens with zero attached hydrogens (tertiary/aromatic N) is 1. The van der Waals surface area contributed by atoms with Crippen LogP contribution in [0.3, 0.4) is 0 Å². The summed E-state index contributed by atoms with van der Waals surface area (Å²) in [7, 11) is 0. The summed E-state index contributed by atoms with van der Waals surface area (Å²) in [4.78, 5) is 24.7. The first kappa shape index (κ1) is 16.1. The molecule has 0 saturated carbocycles. The van der Waals surface area contributed by atoms with E-state index < -0.39 is 12.0 Å². The zero-order valence-electron chi connectivity index (χ0n) is 11.0. The first-order chi connectivity index (χ1) is 9.49. The highest BCUT2D eigenvalue weighted by Crippen LogP contribution is 2.22. The number of aromatic carboxylic acids is 1. The number of anilines is 1. The summed E-state index contributed by atoms with van der Waals surface area (Å²) < 4.78 is 0.678. The molecular weight excluding hydrogens is 324 g/mol. The summed E-state index contributed by atoms with van der Waals surface area (Å²) in [6, 6.07) is 4.16. The topological polar surface area (TPSA) is 69.6 Å². The van der Waals surface area contributed by atoms with Crippen molar-refractivity contribution in [3.8, 4) is 12.3 Å². The second kappa shape index (κ2) is 7.56. The van der Waals surface area contributed by atoms with Crippen molar-refractivity contribution in [2.24, 2.45) is 0 Å². The molecule has 0 aliphatic carbocycles. The van der Waals surface area contributed by atoms with E-state index in [0.29, 0.717) is 11.0 Å². The van der Waals surface area contributed by atoms with Crippen LogP contribution >= 0.6 is 15.9 Å². The molecule has 2 amide bonds. The van der Waals surface area contributed by atoms with Crippen molar-refractivity contribution in [1.82, 2.24) is 4.90 Å². The van der Waals surface area contributed by atoms with Crippen molar-refractivity contribution in [1.29, 1.82) is 0 Å². The molecule has 1 rings (SSSR count). The van der Waals surface area contributed by atoms with Crippen molar-refractivity contribution in [3.63, 3.8) is 0 Å². The Labute approximate surface area is 126 Å². The Morgan fingerprint density at radius 3 is 2.75 bits per heavy atom. The standard InChI is InChI=1S/C14H15BrN2O3/c1-3-7-17(8-4-2)14(20)16-12-9-10(15)5-6-11(12)13(18)19/h1,5-6,9H,4,7-8H2,2H3,(H,16,20)(H,18,19). The second-order valence-electron chi connectivity index (χ2n) is 4.05. The molecule has 5 nitrogen and oxygen atoms in total. The highest BCUT2D eigenvalue weighted by atomic mass is 79.9. The molecule has 2 N–H and O–H groups in total. The minimum Gasteiger partial charge on any atom is -0.478 e. The molecule has 0 heterocycles. The molecule has 0 atom stereocenters. The number of carboxylic acids is 1. The van der Waals surface area contributed by atoms with E-state index in [9.17, 15) is 9.59 Å². The van der Waals surface area contributed by atoms with Gasteiger partial charge < -0.3 is 15.3 Å². The van der Waals surface area contributed by atoms with Gasteiger partial charge in [0.25, 0.3) is 0 Å². The zero-order chi connectivity index (χ0) is 15.1. The first-order valence-electron chi connectivity index (χ1n) is 6.01. The van der Waals surface area contributed by atoms with E-state index in [4.69, 9.17) is 11.5 Å². The number of halogens is 1. The number of carboxylic acid groups (broad SMARTS) is 1. The van der Waals surface area contributed by atoms with Gasteiger partial charge >= 0.3 is 12.0 Å². The molecular formula is C14H15BrN2O3. The summed E-state index contributed by atoms with van der Waals surface area (Å²) in [6.45, 7) is 2.61. The van der Waals surface area contributed by atoms with Crippen molar-refractivity contribution < 1.29 is 14.7 Å². The molecule has 0 radical (unpaired) electrons. The van der Waals surface area contributed by atoms with E-state index in [1.54, 1.807) is 12.1 Å². The van der Waals surface area contributed by atoms with Crippen molar-refractivity contribution >= 4 is 33.6 Å². The normalized spacial score (nSPS) is 9.65. The molecule has 0 aliphatic heterocycles. The Balaban J connectivity index is 2.96. The third-order valence-electron chi connectivity index (χ3n) is 2.52. The number of amides is 2. The van der Waals surface area contributed by atoms with E-state index in [2.05, 4.69) is 27.2 Å². The SMILES string of the molecule is C#CCN(CCC)C(=O)Nc1cc(Br)ccc1C(=O)O. The lowest BCUT2D eigenvalue weighted by Gasteiger charge is -2.20. The number of carbonyl (C=O) groups excluding carboxylic acids is 1. The lowest BCUT2D eigenvalue weighted by atomic mass is 10.2. The van der Waals surface area contributed by atoms with E-state index in [0.717, 1.165) is 6.42 Å². The fourth-order valence-corrected chi connectivity index (χ4v) is 1.99. The Bertz CT molecular complexity index is 552. The van der Waals surface area contributed by atoms with E-state index in [-0.39, 0.29) is 17.8 Å². The third-order valence-corrected chi connectivity index (χ3v) is 3.01. The molecule has 6 heteroatoms. The fraction of sp³-hybridized carbons (Fsp3) is 0.286. The highest BCUT2D eigenvalue weighted by molar-refractivity contribution is 9.10. The van der Waals surface area contributed by atoms with Crippen molar-refractivity contribution in [2.75, 3.05) is 18.4 Å². The number of terminal acetylenes is 1. The summed E-state index contributed by atoms with van der Waals surface area (Å²) in [5, 5.41) is 11.7. The van der Waals surface area contributed by atoms with Crippen LogP contribution in [0.25, 0.3) is 0 Å². The number of hydrogen-bond donors (Lipinski definition) is 2. The van der Waals surface area contributed by atoms with Crippen molar-refractivity contribution in [2.45, 2.75) is 13.3 Å². The van der Waals surface area contributed by atoms with Crippen LogP contribution in [0.5, 0.6) is 0 Å².